The zero-order valence-corrected chi connectivity index (χ0v) is 15.4. The van der Waals surface area contributed by atoms with Crippen LogP contribution in [0.4, 0.5) is 0 Å². The van der Waals surface area contributed by atoms with Crippen molar-refractivity contribution in [3.8, 4) is 5.69 Å². The molecule has 1 aromatic heterocycles. The second kappa shape index (κ2) is 7.61. The fraction of sp³-hybridized carbons (Fsp3) is 0.300. The number of rotatable bonds is 4. The molecule has 0 aliphatic carbocycles. The molecule has 0 saturated carbocycles. The molecule has 1 aliphatic rings. The summed E-state index contributed by atoms with van der Waals surface area (Å²) < 4.78 is 12.6. The standard InChI is InChI=1S/C20H20N2O3S/c1-14-6-2-5-9-18(14)22-19(23)16-7-3-4-8-17(16)21-20(22)26-12-15-10-11-24-13-25-15/h2-9,15H,10-13H2,1H3/t15-/m0/s1. The normalized spacial score (nSPS) is 17.5. The lowest BCUT2D eigenvalue weighted by Gasteiger charge is -2.23. The second-order valence-corrected chi connectivity index (χ2v) is 7.24. The zero-order valence-electron chi connectivity index (χ0n) is 14.6. The number of benzene rings is 2. The number of aryl methyl sites for hydroxylation is 1. The summed E-state index contributed by atoms with van der Waals surface area (Å²) in [7, 11) is 0. The molecule has 0 N–H and O–H groups in total. The molecule has 1 aliphatic heterocycles. The minimum atomic E-state index is -0.0414. The Morgan fingerprint density at radius 1 is 1.19 bits per heavy atom. The minimum absolute atomic E-state index is 0.0414. The van der Waals surface area contributed by atoms with Crippen LogP contribution in [0.15, 0.2) is 58.5 Å². The van der Waals surface area contributed by atoms with Gasteiger partial charge in [0.15, 0.2) is 5.16 Å². The van der Waals surface area contributed by atoms with Crippen LogP contribution in [0.25, 0.3) is 16.6 Å². The van der Waals surface area contributed by atoms with E-state index < -0.39 is 0 Å². The van der Waals surface area contributed by atoms with Gasteiger partial charge >= 0.3 is 0 Å². The number of nitrogens with zero attached hydrogens (tertiary/aromatic N) is 2. The van der Waals surface area contributed by atoms with Gasteiger partial charge in [0.1, 0.15) is 6.79 Å². The number of ether oxygens (including phenoxy) is 2. The van der Waals surface area contributed by atoms with E-state index in [-0.39, 0.29) is 11.7 Å². The Hall–Kier alpha value is -2.15. The highest BCUT2D eigenvalue weighted by molar-refractivity contribution is 7.99. The SMILES string of the molecule is Cc1ccccc1-n1c(SC[C@@H]2CCOCO2)nc2ccccc2c1=O. The molecule has 0 unspecified atom stereocenters. The average molecular weight is 368 g/mol. The lowest BCUT2D eigenvalue weighted by atomic mass is 10.2. The molecule has 6 heteroatoms. The number of para-hydroxylation sites is 2. The molecule has 1 saturated heterocycles. The lowest BCUT2D eigenvalue weighted by molar-refractivity contribution is -0.130. The highest BCUT2D eigenvalue weighted by Gasteiger charge is 2.19. The van der Waals surface area contributed by atoms with Gasteiger partial charge in [-0.1, -0.05) is 42.1 Å². The van der Waals surface area contributed by atoms with E-state index in [0.29, 0.717) is 23.9 Å². The predicted molar refractivity (Wildman–Crippen MR) is 103 cm³/mol. The minimum Gasteiger partial charge on any atom is -0.355 e. The van der Waals surface area contributed by atoms with Crippen LogP contribution in [0, 0.1) is 6.92 Å². The first-order valence-corrected chi connectivity index (χ1v) is 9.62. The fourth-order valence-electron chi connectivity index (χ4n) is 3.04. The topological polar surface area (TPSA) is 53.4 Å². The first-order chi connectivity index (χ1) is 12.7. The van der Waals surface area contributed by atoms with E-state index in [0.717, 1.165) is 28.9 Å². The van der Waals surface area contributed by atoms with Gasteiger partial charge in [-0.15, -0.1) is 0 Å². The van der Waals surface area contributed by atoms with Crippen LogP contribution in [-0.4, -0.2) is 34.8 Å². The second-order valence-electron chi connectivity index (χ2n) is 6.25. The fourth-order valence-corrected chi connectivity index (χ4v) is 4.11. The molecule has 0 bridgehead atoms. The van der Waals surface area contributed by atoms with Crippen LogP contribution < -0.4 is 5.56 Å². The van der Waals surface area contributed by atoms with Gasteiger partial charge in [-0.05, 0) is 37.1 Å². The molecule has 26 heavy (non-hydrogen) atoms. The van der Waals surface area contributed by atoms with Gasteiger partial charge in [0, 0.05) is 5.75 Å². The van der Waals surface area contributed by atoms with Crippen LogP contribution in [0.2, 0.25) is 0 Å². The van der Waals surface area contributed by atoms with E-state index in [2.05, 4.69) is 0 Å². The maximum atomic E-state index is 13.2. The first kappa shape index (κ1) is 17.3. The third-order valence-electron chi connectivity index (χ3n) is 4.47. The van der Waals surface area contributed by atoms with Crippen molar-refractivity contribution in [2.75, 3.05) is 19.2 Å². The van der Waals surface area contributed by atoms with E-state index in [4.69, 9.17) is 14.5 Å². The maximum Gasteiger partial charge on any atom is 0.266 e. The van der Waals surface area contributed by atoms with Crippen LogP contribution in [0.1, 0.15) is 12.0 Å². The summed E-state index contributed by atoms with van der Waals surface area (Å²) in [6.07, 6.45) is 0.970. The number of hydrogen-bond acceptors (Lipinski definition) is 5. The van der Waals surface area contributed by atoms with E-state index in [9.17, 15) is 4.79 Å². The molecule has 2 heterocycles. The Bertz CT molecular complexity index is 980. The quantitative estimate of drug-likeness (QED) is 0.521. The van der Waals surface area contributed by atoms with Crippen molar-refractivity contribution in [2.24, 2.45) is 0 Å². The number of fused-ring (bicyclic) bond motifs is 1. The number of thioether (sulfide) groups is 1. The van der Waals surface area contributed by atoms with Crippen molar-refractivity contribution in [3.05, 3.63) is 64.4 Å². The van der Waals surface area contributed by atoms with Gasteiger partial charge in [-0.25, -0.2) is 4.98 Å². The van der Waals surface area contributed by atoms with Crippen LogP contribution in [0.5, 0.6) is 0 Å². The van der Waals surface area contributed by atoms with Gasteiger partial charge in [0.2, 0.25) is 0 Å². The molecule has 1 atom stereocenters. The first-order valence-electron chi connectivity index (χ1n) is 8.64. The molecule has 4 rings (SSSR count). The Labute approximate surface area is 156 Å². The Kier molecular flexibility index (Phi) is 5.06. The third kappa shape index (κ3) is 3.40. The molecule has 3 aromatic rings. The molecule has 2 aromatic carbocycles. The van der Waals surface area contributed by atoms with Crippen molar-refractivity contribution in [1.29, 1.82) is 0 Å². The van der Waals surface area contributed by atoms with Gasteiger partial charge in [-0.3, -0.25) is 9.36 Å². The highest BCUT2D eigenvalue weighted by atomic mass is 32.2. The van der Waals surface area contributed by atoms with Crippen molar-refractivity contribution >= 4 is 22.7 Å². The zero-order chi connectivity index (χ0) is 17.9. The Balaban J connectivity index is 1.80. The van der Waals surface area contributed by atoms with Crippen molar-refractivity contribution in [2.45, 2.75) is 24.6 Å². The largest absolute Gasteiger partial charge is 0.355 e. The van der Waals surface area contributed by atoms with Crippen LogP contribution >= 0.6 is 11.8 Å². The predicted octanol–water partition coefficient (Wildman–Crippen LogP) is 3.55. The van der Waals surface area contributed by atoms with Crippen molar-refractivity contribution in [3.63, 3.8) is 0 Å². The van der Waals surface area contributed by atoms with Gasteiger partial charge in [0.25, 0.3) is 5.56 Å². The van der Waals surface area contributed by atoms with Gasteiger partial charge < -0.3 is 9.47 Å². The summed E-state index contributed by atoms with van der Waals surface area (Å²) in [5, 5.41) is 1.32. The number of aromatic nitrogens is 2. The van der Waals surface area contributed by atoms with E-state index >= 15 is 0 Å². The maximum absolute atomic E-state index is 13.2. The highest BCUT2D eigenvalue weighted by Crippen LogP contribution is 2.25. The van der Waals surface area contributed by atoms with Crippen molar-refractivity contribution in [1.82, 2.24) is 9.55 Å². The van der Waals surface area contributed by atoms with Gasteiger partial charge in [-0.2, -0.15) is 0 Å². The lowest BCUT2D eigenvalue weighted by Crippen LogP contribution is -2.27. The number of hydrogen-bond donors (Lipinski definition) is 0. The average Bonchev–Trinajstić information content (AvgIpc) is 2.68. The summed E-state index contributed by atoms with van der Waals surface area (Å²) in [6.45, 7) is 3.05. The summed E-state index contributed by atoms with van der Waals surface area (Å²) in [5.74, 6) is 0.736. The van der Waals surface area contributed by atoms with E-state index in [1.807, 2.05) is 55.5 Å². The molecule has 1 fully saturated rings. The van der Waals surface area contributed by atoms with E-state index in [1.165, 1.54) is 0 Å². The molecule has 5 nitrogen and oxygen atoms in total. The third-order valence-corrected chi connectivity index (χ3v) is 5.54. The van der Waals surface area contributed by atoms with Crippen LogP contribution in [-0.2, 0) is 9.47 Å². The summed E-state index contributed by atoms with van der Waals surface area (Å²) in [5.41, 5.74) is 2.58. The molecule has 0 amide bonds. The van der Waals surface area contributed by atoms with E-state index in [1.54, 1.807) is 16.3 Å². The Morgan fingerprint density at radius 2 is 2.00 bits per heavy atom. The van der Waals surface area contributed by atoms with Crippen LogP contribution in [0.3, 0.4) is 0 Å². The summed E-state index contributed by atoms with van der Waals surface area (Å²) in [4.78, 5) is 18.0. The smallest absolute Gasteiger partial charge is 0.266 e. The summed E-state index contributed by atoms with van der Waals surface area (Å²) in [6, 6.07) is 15.4. The molecular formula is C20H20N2O3S. The van der Waals surface area contributed by atoms with Gasteiger partial charge in [0.05, 0.1) is 29.3 Å². The summed E-state index contributed by atoms with van der Waals surface area (Å²) >= 11 is 1.56. The van der Waals surface area contributed by atoms with Crippen molar-refractivity contribution < 1.29 is 9.47 Å². The monoisotopic (exact) mass is 368 g/mol. The molecular weight excluding hydrogens is 348 g/mol. The molecule has 0 spiro atoms. The molecule has 0 radical (unpaired) electrons. The molecule has 134 valence electrons. The Morgan fingerprint density at radius 3 is 2.81 bits per heavy atom.